The van der Waals surface area contributed by atoms with Crippen LogP contribution in [0, 0.1) is 0 Å². The number of carbonyl (C=O) groups is 4. The first-order valence-corrected chi connectivity index (χ1v) is 13.0. The number of urea groups is 1. The number of methoxy groups -OCH3 is 1. The van der Waals surface area contributed by atoms with Crippen molar-refractivity contribution in [1.82, 2.24) is 15.5 Å². The van der Waals surface area contributed by atoms with Crippen molar-refractivity contribution in [3.05, 3.63) is 63.0 Å². The van der Waals surface area contributed by atoms with Crippen molar-refractivity contribution in [2.45, 2.75) is 19.4 Å². The molecule has 0 bridgehead atoms. The van der Waals surface area contributed by atoms with E-state index >= 15 is 0 Å². The van der Waals surface area contributed by atoms with Crippen LogP contribution in [0.2, 0.25) is 0 Å². The van der Waals surface area contributed by atoms with Crippen LogP contribution in [0.3, 0.4) is 0 Å². The van der Waals surface area contributed by atoms with E-state index in [1.807, 2.05) is 6.92 Å². The maximum absolute atomic E-state index is 12.8. The molecule has 37 heavy (non-hydrogen) atoms. The maximum Gasteiger partial charge on any atom is 0.312 e. The summed E-state index contributed by atoms with van der Waals surface area (Å²) < 4.78 is 11.7. The molecule has 0 aliphatic carbocycles. The smallest absolute Gasteiger partial charge is 0.312 e. The lowest BCUT2D eigenvalue weighted by Crippen LogP contribution is -2.40. The van der Waals surface area contributed by atoms with Crippen LogP contribution in [0.5, 0.6) is 11.5 Å². The van der Waals surface area contributed by atoms with Crippen LogP contribution in [0.1, 0.15) is 30.5 Å². The minimum absolute atomic E-state index is 0.00649. The summed E-state index contributed by atoms with van der Waals surface area (Å²) in [4.78, 5) is 50.5. The molecule has 1 atom stereocenters. The van der Waals surface area contributed by atoms with Crippen molar-refractivity contribution in [1.29, 1.82) is 0 Å². The first kappa shape index (κ1) is 28.1. The lowest BCUT2D eigenvalue weighted by atomic mass is 10.0. The Bertz CT molecular complexity index is 1200. The molecular weight excluding hydrogens is 564 g/mol. The summed E-state index contributed by atoms with van der Waals surface area (Å²) in [5.74, 6) is 0.287. The third-order valence-electron chi connectivity index (χ3n) is 5.29. The van der Waals surface area contributed by atoms with E-state index in [9.17, 15) is 19.2 Å². The van der Waals surface area contributed by atoms with Gasteiger partial charge < -0.3 is 25.8 Å². The normalized spacial score (nSPS) is 15.0. The van der Waals surface area contributed by atoms with Gasteiger partial charge in [-0.25, -0.2) is 4.79 Å². The first-order valence-electron chi connectivity index (χ1n) is 11.4. The van der Waals surface area contributed by atoms with E-state index in [4.69, 9.17) is 15.2 Å². The zero-order valence-corrected chi connectivity index (χ0v) is 22.7. The fourth-order valence-corrected chi connectivity index (χ4v) is 4.71. The average molecular weight is 591 g/mol. The van der Waals surface area contributed by atoms with Gasteiger partial charge in [-0.15, -0.1) is 0 Å². The predicted molar refractivity (Wildman–Crippen MR) is 144 cm³/mol. The van der Waals surface area contributed by atoms with E-state index in [1.165, 1.54) is 7.11 Å². The molecule has 1 aliphatic rings. The van der Waals surface area contributed by atoms with Crippen molar-refractivity contribution >= 4 is 56.9 Å². The van der Waals surface area contributed by atoms with E-state index in [0.717, 1.165) is 21.1 Å². The van der Waals surface area contributed by atoms with Crippen molar-refractivity contribution in [2.75, 3.05) is 26.8 Å². The van der Waals surface area contributed by atoms with Crippen LogP contribution in [-0.4, -0.2) is 54.8 Å². The monoisotopic (exact) mass is 590 g/mol. The van der Waals surface area contributed by atoms with Crippen LogP contribution in [-0.2, 0) is 9.59 Å². The lowest BCUT2D eigenvalue weighted by molar-refractivity contribution is -0.124. The first-order chi connectivity index (χ1) is 17.7. The molecule has 12 heteroatoms. The van der Waals surface area contributed by atoms with Gasteiger partial charge >= 0.3 is 6.03 Å². The van der Waals surface area contributed by atoms with Crippen LogP contribution in [0.15, 0.2) is 51.8 Å². The molecule has 0 radical (unpaired) electrons. The maximum atomic E-state index is 12.8. The molecule has 10 nitrogen and oxygen atoms in total. The summed E-state index contributed by atoms with van der Waals surface area (Å²) in [5.41, 5.74) is 6.65. The summed E-state index contributed by atoms with van der Waals surface area (Å²) >= 11 is 4.17. The molecular formula is C25H27BrN4O6S. The summed E-state index contributed by atoms with van der Waals surface area (Å²) in [5, 5.41) is 4.82. The standard InChI is InChI=1S/C25H27BrN4O6S/c1-3-36-19-9-4-15(12-20(19)35-2)13-21-23(32)30(25(34)37-21)11-10-28-22(31)14-18(29-24(27)33)16-5-7-17(26)8-6-16/h4-9,12-13,18H,3,10-11,14H2,1-2H3,(H,28,31)(H3,27,29,33)/b21-13+/t18-/m1/s1. The number of benzene rings is 2. The number of halogens is 1. The molecule has 4 N–H and O–H groups in total. The Hall–Kier alpha value is -3.51. The summed E-state index contributed by atoms with van der Waals surface area (Å²) in [6.45, 7) is 2.42. The number of nitrogens with two attached hydrogens (primary N) is 1. The minimum atomic E-state index is -0.754. The highest BCUT2D eigenvalue weighted by atomic mass is 79.9. The Morgan fingerprint density at radius 3 is 2.54 bits per heavy atom. The highest BCUT2D eigenvalue weighted by Crippen LogP contribution is 2.34. The summed E-state index contributed by atoms with van der Waals surface area (Å²) in [6.07, 6.45) is 1.55. The van der Waals surface area contributed by atoms with Crippen molar-refractivity contribution < 1.29 is 28.7 Å². The Kier molecular flexibility index (Phi) is 9.98. The third kappa shape index (κ3) is 7.73. The number of rotatable bonds is 11. The molecule has 196 valence electrons. The quantitative estimate of drug-likeness (QED) is 0.338. The topological polar surface area (TPSA) is 140 Å². The van der Waals surface area contributed by atoms with E-state index < -0.39 is 23.2 Å². The number of imide groups is 1. The number of primary amides is 1. The molecule has 2 aromatic rings. The number of ether oxygens (including phenoxy) is 2. The number of carbonyl (C=O) groups excluding carboxylic acids is 4. The summed E-state index contributed by atoms with van der Waals surface area (Å²) in [6, 6.07) is 11.0. The van der Waals surface area contributed by atoms with Crippen LogP contribution >= 0.6 is 27.7 Å². The summed E-state index contributed by atoms with van der Waals surface area (Å²) in [7, 11) is 1.52. The van der Waals surface area contributed by atoms with Gasteiger partial charge in [0.2, 0.25) is 5.91 Å². The number of thioether (sulfide) groups is 1. The fraction of sp³-hybridized carbons (Fsp3) is 0.280. The lowest BCUT2D eigenvalue weighted by Gasteiger charge is -2.18. The van der Waals surface area contributed by atoms with E-state index in [-0.39, 0.29) is 30.3 Å². The molecule has 5 amide bonds. The van der Waals surface area contributed by atoms with Crippen LogP contribution < -0.4 is 25.8 Å². The number of nitrogens with one attached hydrogen (secondary N) is 2. The van der Waals surface area contributed by atoms with Gasteiger partial charge in [-0.3, -0.25) is 19.3 Å². The number of hydrogen-bond donors (Lipinski definition) is 3. The molecule has 0 saturated carbocycles. The average Bonchev–Trinajstić information content (AvgIpc) is 3.12. The number of hydrogen-bond acceptors (Lipinski definition) is 7. The Morgan fingerprint density at radius 1 is 1.16 bits per heavy atom. The molecule has 1 aliphatic heterocycles. The Balaban J connectivity index is 1.58. The third-order valence-corrected chi connectivity index (χ3v) is 6.73. The van der Waals surface area contributed by atoms with Crippen molar-refractivity contribution in [2.24, 2.45) is 5.73 Å². The Labute approximate surface area is 227 Å². The second kappa shape index (κ2) is 13.2. The van der Waals surface area contributed by atoms with Crippen LogP contribution in [0.4, 0.5) is 9.59 Å². The fourth-order valence-electron chi connectivity index (χ4n) is 3.58. The molecule has 0 unspecified atom stereocenters. The molecule has 1 saturated heterocycles. The number of nitrogens with zero attached hydrogens (tertiary/aromatic N) is 1. The van der Waals surface area contributed by atoms with E-state index in [2.05, 4.69) is 26.6 Å². The van der Waals surface area contributed by atoms with Gasteiger partial charge in [0, 0.05) is 17.6 Å². The molecule has 1 fully saturated rings. The van der Waals surface area contributed by atoms with Gasteiger partial charge in [-0.2, -0.15) is 0 Å². The van der Waals surface area contributed by atoms with E-state index in [0.29, 0.717) is 29.2 Å². The molecule has 2 aromatic carbocycles. The molecule has 1 heterocycles. The van der Waals surface area contributed by atoms with Gasteiger partial charge in [-0.05, 0) is 60.2 Å². The van der Waals surface area contributed by atoms with Gasteiger partial charge in [0.25, 0.3) is 11.1 Å². The zero-order chi connectivity index (χ0) is 26.9. The highest BCUT2D eigenvalue weighted by molar-refractivity contribution is 9.10. The van der Waals surface area contributed by atoms with E-state index in [1.54, 1.807) is 48.5 Å². The number of amides is 5. The van der Waals surface area contributed by atoms with Crippen LogP contribution in [0.25, 0.3) is 6.08 Å². The van der Waals surface area contributed by atoms with Gasteiger partial charge in [0.15, 0.2) is 11.5 Å². The molecule has 0 spiro atoms. The molecule has 0 aromatic heterocycles. The minimum Gasteiger partial charge on any atom is -0.493 e. The van der Waals surface area contributed by atoms with Gasteiger partial charge in [-0.1, -0.05) is 34.1 Å². The van der Waals surface area contributed by atoms with Crippen molar-refractivity contribution in [3.8, 4) is 11.5 Å². The second-order valence-electron chi connectivity index (χ2n) is 7.84. The zero-order valence-electron chi connectivity index (χ0n) is 20.3. The SMILES string of the molecule is CCOc1ccc(/C=C2/SC(=O)N(CCNC(=O)C[C@@H](NC(N)=O)c3ccc(Br)cc3)C2=O)cc1OC. The van der Waals surface area contributed by atoms with Gasteiger partial charge in [0.05, 0.1) is 31.1 Å². The van der Waals surface area contributed by atoms with Gasteiger partial charge in [0.1, 0.15) is 0 Å². The largest absolute Gasteiger partial charge is 0.493 e. The predicted octanol–water partition coefficient (Wildman–Crippen LogP) is 3.81. The highest BCUT2D eigenvalue weighted by Gasteiger charge is 2.34. The van der Waals surface area contributed by atoms with Crippen molar-refractivity contribution in [3.63, 3.8) is 0 Å². The Morgan fingerprint density at radius 2 is 1.89 bits per heavy atom. The molecule has 3 rings (SSSR count). The second-order valence-corrected chi connectivity index (χ2v) is 9.75.